The van der Waals surface area contributed by atoms with Crippen molar-refractivity contribution in [2.45, 2.75) is 26.3 Å². The van der Waals surface area contributed by atoms with Crippen LogP contribution in [0, 0.1) is 13.8 Å². The van der Waals surface area contributed by atoms with Gasteiger partial charge in [-0.25, -0.2) is 0 Å². The fourth-order valence-corrected chi connectivity index (χ4v) is 2.36. The first-order valence-electron chi connectivity index (χ1n) is 7.12. The highest BCUT2D eigenvalue weighted by molar-refractivity contribution is 5.96. The van der Waals surface area contributed by atoms with Gasteiger partial charge in [-0.15, -0.1) is 0 Å². The van der Waals surface area contributed by atoms with E-state index in [1.54, 1.807) is 0 Å². The van der Waals surface area contributed by atoms with Crippen LogP contribution in [0.1, 0.15) is 34.0 Å². The molecule has 1 amide bonds. The number of nitrogens with one attached hydrogen (secondary N) is 1. The number of hydrogen-bond acceptors (Lipinski definition) is 2. The SMILES string of the molecule is Cc1cccc(C(=O)NC(C)(CN)c2ccccc2)c1C. The Morgan fingerprint density at radius 3 is 2.38 bits per heavy atom. The largest absolute Gasteiger partial charge is 0.342 e. The second kappa shape index (κ2) is 6.10. The van der Waals surface area contributed by atoms with Gasteiger partial charge in [0.1, 0.15) is 0 Å². The summed E-state index contributed by atoms with van der Waals surface area (Å²) in [5.41, 5.74) is 9.16. The van der Waals surface area contributed by atoms with Crippen molar-refractivity contribution < 1.29 is 4.79 Å². The molecule has 0 radical (unpaired) electrons. The summed E-state index contributed by atoms with van der Waals surface area (Å²) in [4.78, 5) is 12.6. The molecule has 3 nitrogen and oxygen atoms in total. The summed E-state index contributed by atoms with van der Waals surface area (Å²) < 4.78 is 0. The van der Waals surface area contributed by atoms with Crippen molar-refractivity contribution >= 4 is 5.91 Å². The number of amides is 1. The lowest BCUT2D eigenvalue weighted by molar-refractivity contribution is 0.0906. The molecule has 0 aliphatic carbocycles. The van der Waals surface area contributed by atoms with Gasteiger partial charge in [0.2, 0.25) is 0 Å². The summed E-state index contributed by atoms with van der Waals surface area (Å²) >= 11 is 0. The lowest BCUT2D eigenvalue weighted by Gasteiger charge is -2.30. The molecule has 1 unspecified atom stereocenters. The van der Waals surface area contributed by atoms with Crippen LogP contribution in [0.15, 0.2) is 48.5 Å². The average molecular weight is 282 g/mol. The normalized spacial score (nSPS) is 13.5. The van der Waals surface area contributed by atoms with Crippen LogP contribution in [0.4, 0.5) is 0 Å². The zero-order chi connectivity index (χ0) is 15.5. The smallest absolute Gasteiger partial charge is 0.252 e. The fourth-order valence-electron chi connectivity index (χ4n) is 2.36. The number of benzene rings is 2. The maximum atomic E-state index is 12.6. The third-order valence-electron chi connectivity index (χ3n) is 4.06. The molecule has 2 rings (SSSR count). The number of carbonyl (C=O) groups excluding carboxylic acids is 1. The minimum Gasteiger partial charge on any atom is -0.342 e. The monoisotopic (exact) mass is 282 g/mol. The molecule has 0 heterocycles. The topological polar surface area (TPSA) is 55.1 Å². The Morgan fingerprint density at radius 2 is 1.76 bits per heavy atom. The number of rotatable bonds is 4. The Morgan fingerprint density at radius 1 is 1.10 bits per heavy atom. The minimum absolute atomic E-state index is 0.0898. The summed E-state index contributed by atoms with van der Waals surface area (Å²) in [6.07, 6.45) is 0. The van der Waals surface area contributed by atoms with Gasteiger partial charge in [0.05, 0.1) is 5.54 Å². The Balaban J connectivity index is 2.30. The first-order chi connectivity index (χ1) is 9.98. The van der Waals surface area contributed by atoms with E-state index in [9.17, 15) is 4.79 Å². The second-order valence-electron chi connectivity index (χ2n) is 5.60. The van der Waals surface area contributed by atoms with Crippen LogP contribution in [0.2, 0.25) is 0 Å². The third kappa shape index (κ3) is 3.14. The molecule has 1 atom stereocenters. The van der Waals surface area contributed by atoms with E-state index in [2.05, 4.69) is 5.32 Å². The summed E-state index contributed by atoms with van der Waals surface area (Å²) in [7, 11) is 0. The molecular formula is C18H22N2O. The quantitative estimate of drug-likeness (QED) is 0.906. The predicted molar refractivity (Wildman–Crippen MR) is 86.2 cm³/mol. The second-order valence-corrected chi connectivity index (χ2v) is 5.60. The van der Waals surface area contributed by atoms with Gasteiger partial charge in [0.25, 0.3) is 5.91 Å². The summed E-state index contributed by atoms with van der Waals surface area (Å²) in [6.45, 7) is 6.26. The molecule has 2 aromatic rings. The number of nitrogens with two attached hydrogens (primary N) is 1. The van der Waals surface area contributed by atoms with Gasteiger partial charge in [0.15, 0.2) is 0 Å². The molecule has 0 saturated heterocycles. The zero-order valence-electron chi connectivity index (χ0n) is 12.8. The van der Waals surface area contributed by atoms with Crippen molar-refractivity contribution in [2.75, 3.05) is 6.54 Å². The van der Waals surface area contributed by atoms with Gasteiger partial charge in [-0.2, -0.15) is 0 Å². The third-order valence-corrected chi connectivity index (χ3v) is 4.06. The van der Waals surface area contributed by atoms with Gasteiger partial charge in [-0.05, 0) is 43.5 Å². The maximum Gasteiger partial charge on any atom is 0.252 e. The molecule has 0 spiro atoms. The molecule has 3 N–H and O–H groups in total. The molecule has 0 bridgehead atoms. The predicted octanol–water partition coefficient (Wildman–Crippen LogP) is 2.91. The van der Waals surface area contributed by atoms with E-state index in [1.807, 2.05) is 69.3 Å². The number of hydrogen-bond donors (Lipinski definition) is 2. The molecule has 21 heavy (non-hydrogen) atoms. The van der Waals surface area contributed by atoms with E-state index in [1.165, 1.54) is 0 Å². The van der Waals surface area contributed by atoms with Crippen LogP contribution in [0.3, 0.4) is 0 Å². The molecule has 0 fully saturated rings. The lowest BCUT2D eigenvalue weighted by Crippen LogP contribution is -2.49. The summed E-state index contributed by atoms with van der Waals surface area (Å²) in [5.74, 6) is -0.0898. The van der Waals surface area contributed by atoms with E-state index in [0.717, 1.165) is 16.7 Å². The van der Waals surface area contributed by atoms with Crippen molar-refractivity contribution in [3.8, 4) is 0 Å². The number of aryl methyl sites for hydroxylation is 1. The van der Waals surface area contributed by atoms with Crippen LogP contribution in [-0.2, 0) is 5.54 Å². The van der Waals surface area contributed by atoms with E-state index in [0.29, 0.717) is 12.1 Å². The van der Waals surface area contributed by atoms with Gasteiger partial charge < -0.3 is 11.1 Å². The number of carbonyl (C=O) groups is 1. The Hall–Kier alpha value is -2.13. The molecule has 110 valence electrons. The standard InChI is InChI=1S/C18H22N2O/c1-13-8-7-11-16(14(13)2)17(21)20-18(3,12-19)15-9-5-4-6-10-15/h4-11H,12,19H2,1-3H3,(H,20,21). The summed E-state index contributed by atoms with van der Waals surface area (Å²) in [6, 6.07) is 15.6. The van der Waals surface area contributed by atoms with Crippen molar-refractivity contribution in [3.05, 3.63) is 70.8 Å². The van der Waals surface area contributed by atoms with Gasteiger partial charge >= 0.3 is 0 Å². The first kappa shape index (κ1) is 15.3. The zero-order valence-corrected chi connectivity index (χ0v) is 12.8. The molecule has 0 saturated carbocycles. The lowest BCUT2D eigenvalue weighted by atomic mass is 9.91. The Bertz CT molecular complexity index is 637. The molecule has 2 aromatic carbocycles. The molecule has 0 aromatic heterocycles. The highest BCUT2D eigenvalue weighted by Gasteiger charge is 2.27. The first-order valence-corrected chi connectivity index (χ1v) is 7.12. The van der Waals surface area contributed by atoms with Gasteiger partial charge in [-0.1, -0.05) is 42.5 Å². The maximum absolute atomic E-state index is 12.6. The van der Waals surface area contributed by atoms with E-state index in [4.69, 9.17) is 5.73 Å². The molecule has 3 heteroatoms. The van der Waals surface area contributed by atoms with Gasteiger partial charge in [-0.3, -0.25) is 4.79 Å². The fraction of sp³-hybridized carbons (Fsp3) is 0.278. The van der Waals surface area contributed by atoms with Crippen molar-refractivity contribution in [1.29, 1.82) is 0 Å². The van der Waals surface area contributed by atoms with Gasteiger partial charge in [0, 0.05) is 12.1 Å². The molecule has 0 aliphatic heterocycles. The average Bonchev–Trinajstić information content (AvgIpc) is 2.50. The van der Waals surface area contributed by atoms with E-state index in [-0.39, 0.29) is 5.91 Å². The Kier molecular flexibility index (Phi) is 4.43. The van der Waals surface area contributed by atoms with E-state index < -0.39 is 5.54 Å². The van der Waals surface area contributed by atoms with Crippen molar-refractivity contribution in [3.63, 3.8) is 0 Å². The van der Waals surface area contributed by atoms with Crippen LogP contribution in [-0.4, -0.2) is 12.5 Å². The Labute approximate surface area is 126 Å². The van der Waals surface area contributed by atoms with Crippen LogP contribution in [0.25, 0.3) is 0 Å². The summed E-state index contributed by atoms with van der Waals surface area (Å²) in [5, 5.41) is 3.08. The van der Waals surface area contributed by atoms with Crippen LogP contribution in [0.5, 0.6) is 0 Å². The van der Waals surface area contributed by atoms with Crippen molar-refractivity contribution in [1.82, 2.24) is 5.32 Å². The van der Waals surface area contributed by atoms with Crippen LogP contribution >= 0.6 is 0 Å². The highest BCUT2D eigenvalue weighted by atomic mass is 16.1. The van der Waals surface area contributed by atoms with Crippen LogP contribution < -0.4 is 11.1 Å². The minimum atomic E-state index is -0.575. The van der Waals surface area contributed by atoms with E-state index >= 15 is 0 Å². The molecule has 0 aliphatic rings. The molecular weight excluding hydrogens is 260 g/mol. The van der Waals surface area contributed by atoms with Crippen molar-refractivity contribution in [2.24, 2.45) is 5.73 Å². The highest BCUT2D eigenvalue weighted by Crippen LogP contribution is 2.21.